The molecule has 1 amide bonds. The van der Waals surface area contributed by atoms with E-state index in [0.717, 1.165) is 0 Å². The molecule has 6 heteroatoms. The third-order valence-corrected chi connectivity index (χ3v) is 3.07. The molecule has 2 rings (SSSR count). The van der Waals surface area contributed by atoms with Crippen LogP contribution in [0.1, 0.15) is 6.42 Å². The first-order chi connectivity index (χ1) is 7.74. The molecule has 1 unspecified atom stereocenters. The van der Waals surface area contributed by atoms with Gasteiger partial charge in [-0.2, -0.15) is 17.6 Å². The van der Waals surface area contributed by atoms with E-state index in [1.54, 1.807) is 11.1 Å². The van der Waals surface area contributed by atoms with Crippen LogP contribution in [0, 0.1) is 5.92 Å². The minimum absolute atomic E-state index is 0.0709. The monoisotopic (exact) mass is 239 g/mol. The summed E-state index contributed by atoms with van der Waals surface area (Å²) in [6.45, 7) is 0.657. The third kappa shape index (κ3) is 2.11. The van der Waals surface area contributed by atoms with Crippen molar-refractivity contribution >= 4 is 24.4 Å². The lowest BCUT2D eigenvalue weighted by Crippen LogP contribution is -2.25. The van der Waals surface area contributed by atoms with Crippen molar-refractivity contribution in [3.8, 4) is 5.88 Å². The molecule has 0 saturated carbocycles. The SMILES string of the molecule is COc1cncc(N2CC(CS)CC2=O)n1. The molecular formula is C10H13N3O2S. The Balaban J connectivity index is 2.20. The van der Waals surface area contributed by atoms with Crippen molar-refractivity contribution in [1.82, 2.24) is 9.97 Å². The highest BCUT2D eigenvalue weighted by Gasteiger charge is 2.30. The molecule has 1 aliphatic heterocycles. The summed E-state index contributed by atoms with van der Waals surface area (Å²) in [5, 5.41) is 0. The van der Waals surface area contributed by atoms with E-state index in [9.17, 15) is 4.79 Å². The van der Waals surface area contributed by atoms with Crippen molar-refractivity contribution in [3.63, 3.8) is 0 Å². The second kappa shape index (κ2) is 4.69. The molecule has 1 fully saturated rings. The van der Waals surface area contributed by atoms with Gasteiger partial charge in [0.05, 0.1) is 19.5 Å². The molecule has 0 spiro atoms. The molecule has 0 bridgehead atoms. The first-order valence-corrected chi connectivity index (χ1v) is 5.65. The zero-order chi connectivity index (χ0) is 11.5. The van der Waals surface area contributed by atoms with Crippen LogP contribution in [-0.2, 0) is 4.79 Å². The molecule has 1 aromatic heterocycles. The maximum absolute atomic E-state index is 11.7. The van der Waals surface area contributed by atoms with E-state index < -0.39 is 0 Å². The summed E-state index contributed by atoms with van der Waals surface area (Å²) in [5.74, 6) is 2.04. The summed E-state index contributed by atoms with van der Waals surface area (Å²) in [4.78, 5) is 21.5. The van der Waals surface area contributed by atoms with Crippen LogP contribution in [0.15, 0.2) is 12.4 Å². The number of carbonyl (C=O) groups excluding carboxylic acids is 1. The van der Waals surface area contributed by atoms with Crippen molar-refractivity contribution in [1.29, 1.82) is 0 Å². The number of amides is 1. The standard InChI is InChI=1S/C10H13N3O2S/c1-15-9-4-11-3-8(12-9)13-5-7(6-16)2-10(13)14/h3-4,7,16H,2,5-6H2,1H3. The predicted octanol–water partition coefficient (Wildman–Crippen LogP) is 0.768. The fourth-order valence-corrected chi connectivity index (χ4v) is 1.94. The van der Waals surface area contributed by atoms with Crippen LogP contribution in [0.25, 0.3) is 0 Å². The average molecular weight is 239 g/mol. The van der Waals surface area contributed by atoms with Crippen LogP contribution < -0.4 is 9.64 Å². The molecular weight excluding hydrogens is 226 g/mol. The van der Waals surface area contributed by atoms with Crippen molar-refractivity contribution in [3.05, 3.63) is 12.4 Å². The Labute approximate surface area is 99.2 Å². The Hall–Kier alpha value is -1.30. The van der Waals surface area contributed by atoms with Gasteiger partial charge in [0.1, 0.15) is 0 Å². The first kappa shape index (κ1) is 11.2. The largest absolute Gasteiger partial charge is 0.480 e. The van der Waals surface area contributed by atoms with Gasteiger partial charge in [0.15, 0.2) is 5.82 Å². The third-order valence-electron chi connectivity index (χ3n) is 2.55. The minimum Gasteiger partial charge on any atom is -0.480 e. The van der Waals surface area contributed by atoms with E-state index in [2.05, 4.69) is 22.6 Å². The molecule has 86 valence electrons. The van der Waals surface area contributed by atoms with E-state index >= 15 is 0 Å². The quantitative estimate of drug-likeness (QED) is 0.792. The van der Waals surface area contributed by atoms with Crippen LogP contribution in [0.5, 0.6) is 5.88 Å². The number of thiol groups is 1. The molecule has 1 aliphatic rings. The summed E-state index contributed by atoms with van der Waals surface area (Å²) in [7, 11) is 1.52. The molecule has 5 nitrogen and oxygen atoms in total. The lowest BCUT2D eigenvalue weighted by Gasteiger charge is -2.15. The predicted molar refractivity (Wildman–Crippen MR) is 62.9 cm³/mol. The number of hydrogen-bond donors (Lipinski definition) is 1. The van der Waals surface area contributed by atoms with E-state index in [1.807, 2.05) is 0 Å². The van der Waals surface area contributed by atoms with Gasteiger partial charge in [0, 0.05) is 13.0 Å². The number of aromatic nitrogens is 2. The summed E-state index contributed by atoms with van der Waals surface area (Å²) in [6.07, 6.45) is 3.61. The molecule has 2 heterocycles. The van der Waals surface area contributed by atoms with Gasteiger partial charge in [0.2, 0.25) is 11.8 Å². The van der Waals surface area contributed by atoms with Crippen LogP contribution in [0.4, 0.5) is 5.82 Å². The van der Waals surface area contributed by atoms with Gasteiger partial charge in [-0.3, -0.25) is 14.7 Å². The Morgan fingerprint density at radius 3 is 3.06 bits per heavy atom. The highest BCUT2D eigenvalue weighted by Crippen LogP contribution is 2.24. The van der Waals surface area contributed by atoms with Crippen LogP contribution in [0.3, 0.4) is 0 Å². The number of carbonyl (C=O) groups is 1. The number of ether oxygens (including phenoxy) is 1. The molecule has 0 radical (unpaired) electrons. The summed E-state index contributed by atoms with van der Waals surface area (Å²) < 4.78 is 4.98. The van der Waals surface area contributed by atoms with Crippen LogP contribution in [0.2, 0.25) is 0 Å². The van der Waals surface area contributed by atoms with Gasteiger partial charge in [0.25, 0.3) is 0 Å². The number of hydrogen-bond acceptors (Lipinski definition) is 5. The average Bonchev–Trinajstić information content (AvgIpc) is 2.71. The van der Waals surface area contributed by atoms with Crippen molar-refractivity contribution in [2.45, 2.75) is 6.42 Å². The van der Waals surface area contributed by atoms with Gasteiger partial charge in [-0.05, 0) is 11.7 Å². The topological polar surface area (TPSA) is 55.3 Å². The van der Waals surface area contributed by atoms with Gasteiger partial charge in [-0.25, -0.2) is 0 Å². The number of rotatable bonds is 3. The normalized spacial score (nSPS) is 20.2. The lowest BCUT2D eigenvalue weighted by molar-refractivity contribution is -0.117. The van der Waals surface area contributed by atoms with Crippen LogP contribution in [-0.4, -0.2) is 35.3 Å². The highest BCUT2D eigenvalue weighted by molar-refractivity contribution is 7.80. The molecule has 0 aliphatic carbocycles. The Morgan fingerprint density at radius 2 is 2.44 bits per heavy atom. The fraction of sp³-hybridized carbons (Fsp3) is 0.500. The maximum Gasteiger partial charge on any atom is 0.234 e. The molecule has 0 aromatic carbocycles. The van der Waals surface area contributed by atoms with E-state index in [1.165, 1.54) is 13.3 Å². The Morgan fingerprint density at radius 1 is 1.62 bits per heavy atom. The van der Waals surface area contributed by atoms with Gasteiger partial charge < -0.3 is 4.74 Å². The van der Waals surface area contributed by atoms with Crippen molar-refractivity contribution in [2.24, 2.45) is 5.92 Å². The van der Waals surface area contributed by atoms with Gasteiger partial charge in [-0.1, -0.05) is 0 Å². The number of methoxy groups -OCH3 is 1. The Bertz CT molecular complexity index is 399. The summed E-state index contributed by atoms with van der Waals surface area (Å²) in [5.41, 5.74) is 0. The molecule has 16 heavy (non-hydrogen) atoms. The maximum atomic E-state index is 11.7. The zero-order valence-corrected chi connectivity index (χ0v) is 9.85. The Kier molecular flexibility index (Phi) is 3.28. The summed E-state index contributed by atoms with van der Waals surface area (Å²) in [6, 6.07) is 0. The van der Waals surface area contributed by atoms with E-state index in [0.29, 0.717) is 36.3 Å². The molecule has 1 saturated heterocycles. The fourth-order valence-electron chi connectivity index (χ4n) is 1.69. The van der Waals surface area contributed by atoms with E-state index in [4.69, 9.17) is 4.74 Å². The molecule has 0 N–H and O–H groups in total. The van der Waals surface area contributed by atoms with Gasteiger partial charge in [-0.15, -0.1) is 0 Å². The lowest BCUT2D eigenvalue weighted by atomic mass is 10.1. The smallest absolute Gasteiger partial charge is 0.234 e. The number of nitrogens with zero attached hydrogens (tertiary/aromatic N) is 3. The van der Waals surface area contributed by atoms with E-state index in [-0.39, 0.29) is 5.91 Å². The van der Waals surface area contributed by atoms with Crippen molar-refractivity contribution in [2.75, 3.05) is 24.3 Å². The minimum atomic E-state index is 0.0709. The molecule has 1 atom stereocenters. The second-order valence-corrected chi connectivity index (χ2v) is 4.04. The summed E-state index contributed by atoms with van der Waals surface area (Å²) >= 11 is 4.21. The number of anilines is 1. The molecule has 1 aromatic rings. The first-order valence-electron chi connectivity index (χ1n) is 5.02. The zero-order valence-electron chi connectivity index (χ0n) is 8.96. The second-order valence-electron chi connectivity index (χ2n) is 3.68. The van der Waals surface area contributed by atoms with Crippen LogP contribution >= 0.6 is 12.6 Å². The highest BCUT2D eigenvalue weighted by atomic mass is 32.1. The van der Waals surface area contributed by atoms with Gasteiger partial charge >= 0.3 is 0 Å². The van der Waals surface area contributed by atoms with Crippen molar-refractivity contribution < 1.29 is 9.53 Å².